The second-order valence-corrected chi connectivity index (χ2v) is 17.8. The number of aromatic hydroxyl groups is 1. The second-order valence-electron chi connectivity index (χ2n) is 17.8. The molecule has 9 aromatic rings. The molecule has 7 heteroatoms. The van der Waals surface area contributed by atoms with Gasteiger partial charge in [0.25, 0.3) is 0 Å². The Labute approximate surface area is 383 Å². The Balaban J connectivity index is 0.00000544. The van der Waals surface area contributed by atoms with Crippen LogP contribution in [-0.2, 0) is 31.9 Å². The quantitative estimate of drug-likeness (QED) is 0.168. The molecule has 310 valence electrons. The first kappa shape index (κ1) is 42.6. The van der Waals surface area contributed by atoms with Gasteiger partial charge in [0, 0.05) is 66.2 Å². The van der Waals surface area contributed by atoms with Crippen molar-refractivity contribution in [2.45, 2.75) is 52.4 Å². The van der Waals surface area contributed by atoms with Gasteiger partial charge in [0.2, 0.25) is 0 Å². The van der Waals surface area contributed by atoms with Crippen molar-refractivity contribution in [1.29, 1.82) is 5.26 Å². The molecular formula is C56H44N5OPt-. The summed E-state index contributed by atoms with van der Waals surface area (Å²) >= 11 is 0. The molecule has 1 N–H and O–H groups in total. The summed E-state index contributed by atoms with van der Waals surface area (Å²) in [4.78, 5) is 13.6. The molecule has 0 atom stereocenters. The molecule has 0 aliphatic rings. The van der Waals surface area contributed by atoms with Crippen LogP contribution in [0.4, 0.5) is 5.69 Å². The van der Waals surface area contributed by atoms with Crippen molar-refractivity contribution in [1.82, 2.24) is 14.5 Å². The second kappa shape index (κ2) is 16.6. The van der Waals surface area contributed by atoms with Crippen LogP contribution in [0.25, 0.3) is 88.4 Å². The number of phenols is 1. The molecule has 9 rings (SSSR count). The van der Waals surface area contributed by atoms with Gasteiger partial charge in [-0.15, -0.1) is 24.3 Å². The number of nitriles is 1. The van der Waals surface area contributed by atoms with E-state index in [1.807, 2.05) is 36.5 Å². The van der Waals surface area contributed by atoms with Crippen molar-refractivity contribution in [3.63, 3.8) is 0 Å². The van der Waals surface area contributed by atoms with Crippen LogP contribution in [0.2, 0.25) is 0 Å². The van der Waals surface area contributed by atoms with Crippen molar-refractivity contribution in [3.05, 3.63) is 186 Å². The molecule has 0 saturated heterocycles. The van der Waals surface area contributed by atoms with Crippen molar-refractivity contribution < 1.29 is 26.2 Å². The van der Waals surface area contributed by atoms with E-state index < -0.39 is 0 Å². The maximum Gasteiger partial charge on any atom is 0.189 e. The zero-order valence-corrected chi connectivity index (χ0v) is 38.2. The topological polar surface area (TPSA) is 79.1 Å². The molecule has 0 bridgehead atoms. The number of nitrogens with zero attached hydrogens (tertiary/aromatic N) is 5. The molecule has 3 aromatic heterocycles. The van der Waals surface area contributed by atoms with Crippen molar-refractivity contribution in [2.24, 2.45) is 0 Å². The summed E-state index contributed by atoms with van der Waals surface area (Å²) in [6.45, 7) is 21.0. The third-order valence-corrected chi connectivity index (χ3v) is 11.6. The minimum Gasteiger partial charge on any atom is -0.506 e. The molecule has 0 amide bonds. The van der Waals surface area contributed by atoms with E-state index >= 15 is 0 Å². The van der Waals surface area contributed by atoms with Crippen molar-refractivity contribution >= 4 is 27.5 Å². The van der Waals surface area contributed by atoms with Gasteiger partial charge in [-0.05, 0) is 81.1 Å². The average molecular weight is 998 g/mol. The van der Waals surface area contributed by atoms with E-state index in [0.717, 1.165) is 55.8 Å². The number of rotatable bonds is 6. The Kier molecular flexibility index (Phi) is 11.2. The molecule has 6 aromatic carbocycles. The summed E-state index contributed by atoms with van der Waals surface area (Å²) in [6.07, 6.45) is 1.85. The third-order valence-electron chi connectivity index (χ3n) is 11.6. The Morgan fingerprint density at radius 1 is 0.635 bits per heavy atom. The van der Waals surface area contributed by atoms with Crippen LogP contribution in [0.15, 0.2) is 152 Å². The number of aromatic nitrogens is 3. The van der Waals surface area contributed by atoms with Gasteiger partial charge in [0.15, 0.2) is 5.69 Å². The minimum atomic E-state index is -0.214. The average Bonchev–Trinajstić information content (AvgIpc) is 3.63. The van der Waals surface area contributed by atoms with Crippen LogP contribution in [0.1, 0.15) is 58.2 Å². The van der Waals surface area contributed by atoms with E-state index in [2.05, 4.69) is 166 Å². The summed E-state index contributed by atoms with van der Waals surface area (Å²) in [5.74, 6) is -0.214. The molecule has 0 radical (unpaired) electrons. The smallest absolute Gasteiger partial charge is 0.189 e. The monoisotopic (exact) mass is 997 g/mol. The van der Waals surface area contributed by atoms with Gasteiger partial charge >= 0.3 is 0 Å². The number of pyridine rings is 2. The molecule has 0 aliphatic carbocycles. The Morgan fingerprint density at radius 3 is 1.95 bits per heavy atom. The van der Waals surface area contributed by atoms with Gasteiger partial charge in [-0.25, -0.2) is 4.85 Å². The molecule has 3 heterocycles. The van der Waals surface area contributed by atoms with Gasteiger partial charge < -0.3 is 9.67 Å². The van der Waals surface area contributed by atoms with Gasteiger partial charge in [-0.2, -0.15) is 5.26 Å². The number of hydrogen-bond acceptors (Lipinski definition) is 4. The number of benzene rings is 6. The van der Waals surface area contributed by atoms with E-state index in [4.69, 9.17) is 16.5 Å². The third kappa shape index (κ3) is 8.08. The fourth-order valence-electron chi connectivity index (χ4n) is 8.21. The van der Waals surface area contributed by atoms with Gasteiger partial charge in [-0.1, -0.05) is 138 Å². The zero-order valence-electron chi connectivity index (χ0n) is 35.9. The normalized spacial score (nSPS) is 11.6. The van der Waals surface area contributed by atoms with Gasteiger partial charge in [-0.3, -0.25) is 9.97 Å². The summed E-state index contributed by atoms with van der Waals surface area (Å²) in [7, 11) is 0. The molecule has 0 aliphatic heterocycles. The minimum absolute atomic E-state index is 0. The van der Waals surface area contributed by atoms with Gasteiger partial charge in [0.05, 0.1) is 28.9 Å². The Morgan fingerprint density at radius 2 is 1.25 bits per heavy atom. The number of para-hydroxylation sites is 3. The summed E-state index contributed by atoms with van der Waals surface area (Å²) in [5.41, 5.74) is 13.4. The van der Waals surface area contributed by atoms with E-state index in [1.54, 1.807) is 6.07 Å². The predicted octanol–water partition coefficient (Wildman–Crippen LogP) is 14.4. The number of hydrogen-bond donors (Lipinski definition) is 1. The van der Waals surface area contributed by atoms with Crippen LogP contribution in [0.3, 0.4) is 0 Å². The zero-order chi connectivity index (χ0) is 43.3. The number of phenolic OH excluding ortho intramolecular Hbond substituents is 1. The fourth-order valence-corrected chi connectivity index (χ4v) is 8.21. The summed E-state index contributed by atoms with van der Waals surface area (Å²) in [6, 6.07) is 55.1. The van der Waals surface area contributed by atoms with Crippen molar-refractivity contribution in [3.8, 4) is 73.5 Å². The Bertz CT molecular complexity index is 3270. The summed E-state index contributed by atoms with van der Waals surface area (Å²) < 4.78 is 2.34. The molecule has 6 nitrogen and oxygen atoms in total. The Hall–Kier alpha value is -7.11. The first-order chi connectivity index (χ1) is 29.8. The van der Waals surface area contributed by atoms with E-state index in [9.17, 15) is 10.4 Å². The first-order valence-corrected chi connectivity index (χ1v) is 20.7. The molecule has 0 spiro atoms. The molecule has 63 heavy (non-hydrogen) atoms. The van der Waals surface area contributed by atoms with Crippen LogP contribution < -0.4 is 0 Å². The van der Waals surface area contributed by atoms with E-state index in [0.29, 0.717) is 17.0 Å². The maximum absolute atomic E-state index is 11.4. The van der Waals surface area contributed by atoms with Crippen LogP contribution >= 0.6 is 0 Å². The summed E-state index contributed by atoms with van der Waals surface area (Å²) in [5, 5.41) is 23.7. The molecule has 0 unspecified atom stereocenters. The van der Waals surface area contributed by atoms with E-state index in [1.165, 1.54) is 28.0 Å². The SMILES string of the molecule is [C-]#[N+]c1cc(C#N)c(O)c(-c2cc(-c3cc(C(C)(C)C)cc(C(C)(C)C)c3)cc(-c3[c-]c(-c4cc(-c5cccc6c7ccccc7n(-c7ccccc7)c56)ccn4)ccc3)n2)c1.[Pt]. The largest absolute Gasteiger partial charge is 0.506 e. The predicted molar refractivity (Wildman–Crippen MR) is 252 cm³/mol. The molecular weight excluding hydrogens is 954 g/mol. The molecule has 0 saturated carbocycles. The maximum atomic E-state index is 11.4. The molecule has 0 fully saturated rings. The van der Waals surface area contributed by atoms with Crippen LogP contribution in [0.5, 0.6) is 5.75 Å². The standard InChI is InChI=1S/C56H44N5O.Pt/c1-55(2,3)41-26-38(27-42(32-41)56(4,5)6)39-30-50(60-51(31-39)48-33-43(58-7)28-40(34-57)54(48)62)37-16-13-15-36(25-37)49-29-35(23-24-59-49)45-20-14-21-47-46-19-11-12-22-52(46)61(53(45)47)44-17-9-8-10-18-44;/h8-24,26-33,62H,1-6H3;/q-1;. The number of fused-ring (bicyclic) bond motifs is 3. The van der Waals surface area contributed by atoms with Crippen LogP contribution in [-0.4, -0.2) is 19.6 Å². The van der Waals surface area contributed by atoms with E-state index in [-0.39, 0.29) is 48.9 Å². The first-order valence-electron chi connectivity index (χ1n) is 20.7. The van der Waals surface area contributed by atoms with Gasteiger partial charge in [0.1, 0.15) is 11.8 Å². The van der Waals surface area contributed by atoms with Crippen LogP contribution in [0, 0.1) is 24.0 Å². The van der Waals surface area contributed by atoms with Crippen molar-refractivity contribution in [2.75, 3.05) is 0 Å². The fraction of sp³-hybridized carbons (Fsp3) is 0.143.